The molecular formula is C15H19NO5. The summed E-state index contributed by atoms with van der Waals surface area (Å²) in [5.41, 5.74) is 1.12. The SMILES string of the molecule is CCOc1ccc(NC(=O)C(C)=C(C)C(=O)O)cc1CO. The first-order valence-electron chi connectivity index (χ1n) is 6.49. The summed E-state index contributed by atoms with van der Waals surface area (Å²) in [4.78, 5) is 22.8. The second-order valence-electron chi connectivity index (χ2n) is 4.42. The fourth-order valence-corrected chi connectivity index (χ4v) is 1.63. The van der Waals surface area contributed by atoms with E-state index in [1.165, 1.54) is 13.8 Å². The van der Waals surface area contributed by atoms with E-state index in [2.05, 4.69) is 5.32 Å². The largest absolute Gasteiger partial charge is 0.494 e. The molecule has 0 aliphatic rings. The molecule has 114 valence electrons. The predicted octanol–water partition coefficient (Wildman–Crippen LogP) is 1.94. The van der Waals surface area contributed by atoms with Crippen LogP contribution in [0.2, 0.25) is 0 Å². The smallest absolute Gasteiger partial charge is 0.331 e. The number of aliphatic carboxylic acids is 1. The molecular weight excluding hydrogens is 274 g/mol. The standard InChI is InChI=1S/C15H19NO5/c1-4-21-13-6-5-12(7-11(13)8-17)16-14(18)9(2)10(3)15(19)20/h5-7,17H,4,8H2,1-3H3,(H,16,18)(H,19,20). The van der Waals surface area contributed by atoms with Gasteiger partial charge in [0.05, 0.1) is 13.2 Å². The molecule has 0 saturated heterocycles. The number of carboxylic acid groups (broad SMARTS) is 1. The van der Waals surface area contributed by atoms with Gasteiger partial charge in [0, 0.05) is 22.4 Å². The number of aliphatic hydroxyl groups is 1. The second kappa shape index (κ2) is 7.44. The molecule has 6 nitrogen and oxygen atoms in total. The van der Waals surface area contributed by atoms with Crippen molar-refractivity contribution in [3.05, 3.63) is 34.9 Å². The van der Waals surface area contributed by atoms with Crippen molar-refractivity contribution in [2.45, 2.75) is 27.4 Å². The zero-order valence-corrected chi connectivity index (χ0v) is 12.3. The van der Waals surface area contributed by atoms with Gasteiger partial charge in [-0.1, -0.05) is 0 Å². The topological polar surface area (TPSA) is 95.9 Å². The number of nitrogens with one attached hydrogen (secondary N) is 1. The van der Waals surface area contributed by atoms with E-state index in [0.29, 0.717) is 23.6 Å². The third kappa shape index (κ3) is 4.32. The van der Waals surface area contributed by atoms with Gasteiger partial charge in [-0.05, 0) is 39.0 Å². The minimum absolute atomic E-state index is 0.0131. The lowest BCUT2D eigenvalue weighted by Gasteiger charge is -2.12. The van der Waals surface area contributed by atoms with E-state index in [1.807, 2.05) is 6.92 Å². The Morgan fingerprint density at radius 2 is 1.90 bits per heavy atom. The van der Waals surface area contributed by atoms with Gasteiger partial charge in [-0.3, -0.25) is 4.79 Å². The molecule has 1 aromatic rings. The van der Waals surface area contributed by atoms with Crippen LogP contribution in [0, 0.1) is 0 Å². The Bertz CT molecular complexity index is 577. The van der Waals surface area contributed by atoms with E-state index < -0.39 is 11.9 Å². The van der Waals surface area contributed by atoms with Crippen molar-refractivity contribution in [3.8, 4) is 5.75 Å². The van der Waals surface area contributed by atoms with E-state index >= 15 is 0 Å². The number of hydrogen-bond donors (Lipinski definition) is 3. The van der Waals surface area contributed by atoms with E-state index in [1.54, 1.807) is 18.2 Å². The minimum Gasteiger partial charge on any atom is -0.494 e. The third-order valence-electron chi connectivity index (χ3n) is 3.01. The Labute approximate surface area is 123 Å². The molecule has 1 amide bonds. The van der Waals surface area contributed by atoms with Crippen molar-refractivity contribution in [1.29, 1.82) is 0 Å². The molecule has 21 heavy (non-hydrogen) atoms. The Morgan fingerprint density at radius 3 is 2.43 bits per heavy atom. The van der Waals surface area contributed by atoms with Crippen LogP contribution >= 0.6 is 0 Å². The van der Waals surface area contributed by atoms with Crippen LogP contribution in [-0.2, 0) is 16.2 Å². The van der Waals surface area contributed by atoms with Crippen LogP contribution in [0.1, 0.15) is 26.3 Å². The summed E-state index contributed by atoms with van der Waals surface area (Å²) in [5, 5.41) is 20.7. The monoisotopic (exact) mass is 293 g/mol. The molecule has 0 saturated carbocycles. The van der Waals surface area contributed by atoms with Crippen molar-refractivity contribution < 1.29 is 24.5 Å². The molecule has 0 atom stereocenters. The van der Waals surface area contributed by atoms with Crippen molar-refractivity contribution in [2.75, 3.05) is 11.9 Å². The molecule has 0 heterocycles. The molecule has 6 heteroatoms. The second-order valence-corrected chi connectivity index (χ2v) is 4.42. The summed E-state index contributed by atoms with van der Waals surface area (Å²) < 4.78 is 5.35. The maximum Gasteiger partial charge on any atom is 0.331 e. The van der Waals surface area contributed by atoms with Gasteiger partial charge in [0.25, 0.3) is 5.91 Å². The molecule has 1 rings (SSSR count). The highest BCUT2D eigenvalue weighted by Gasteiger charge is 2.13. The predicted molar refractivity (Wildman–Crippen MR) is 78.2 cm³/mol. The highest BCUT2D eigenvalue weighted by molar-refractivity contribution is 6.08. The molecule has 0 fully saturated rings. The van der Waals surface area contributed by atoms with Gasteiger partial charge in [-0.25, -0.2) is 4.79 Å². The number of carboxylic acids is 1. The van der Waals surface area contributed by atoms with Gasteiger partial charge in [0.1, 0.15) is 5.75 Å². The zero-order valence-electron chi connectivity index (χ0n) is 12.3. The summed E-state index contributed by atoms with van der Waals surface area (Å²) in [6.07, 6.45) is 0. The van der Waals surface area contributed by atoms with Gasteiger partial charge in [-0.2, -0.15) is 0 Å². The van der Waals surface area contributed by atoms with Crippen molar-refractivity contribution in [3.63, 3.8) is 0 Å². The normalized spacial score (nSPS) is 11.6. The van der Waals surface area contributed by atoms with Gasteiger partial charge < -0.3 is 20.3 Å². The number of carbonyl (C=O) groups excluding carboxylic acids is 1. The molecule has 0 aliphatic carbocycles. The number of ether oxygens (including phenoxy) is 1. The van der Waals surface area contributed by atoms with E-state index in [9.17, 15) is 14.7 Å². The Hall–Kier alpha value is -2.34. The maximum absolute atomic E-state index is 11.9. The van der Waals surface area contributed by atoms with E-state index in [4.69, 9.17) is 9.84 Å². The van der Waals surface area contributed by atoms with Crippen molar-refractivity contribution >= 4 is 17.6 Å². The number of anilines is 1. The van der Waals surface area contributed by atoms with E-state index in [-0.39, 0.29) is 17.8 Å². The Morgan fingerprint density at radius 1 is 1.24 bits per heavy atom. The Kier molecular flexibility index (Phi) is 5.92. The molecule has 3 N–H and O–H groups in total. The minimum atomic E-state index is -1.13. The lowest BCUT2D eigenvalue weighted by atomic mass is 10.1. The van der Waals surface area contributed by atoms with Crippen LogP contribution in [0.3, 0.4) is 0 Å². The van der Waals surface area contributed by atoms with Crippen molar-refractivity contribution in [1.82, 2.24) is 0 Å². The van der Waals surface area contributed by atoms with Crippen molar-refractivity contribution in [2.24, 2.45) is 0 Å². The molecule has 1 aromatic carbocycles. The number of benzene rings is 1. The van der Waals surface area contributed by atoms with Crippen LogP contribution in [-0.4, -0.2) is 28.7 Å². The van der Waals surface area contributed by atoms with Gasteiger partial charge in [0.2, 0.25) is 0 Å². The van der Waals surface area contributed by atoms with E-state index in [0.717, 1.165) is 0 Å². The number of hydrogen-bond acceptors (Lipinski definition) is 4. The lowest BCUT2D eigenvalue weighted by Crippen LogP contribution is -2.16. The highest BCUT2D eigenvalue weighted by atomic mass is 16.5. The summed E-state index contributed by atoms with van der Waals surface area (Å²) in [7, 11) is 0. The maximum atomic E-state index is 11.9. The molecule has 0 unspecified atom stereocenters. The lowest BCUT2D eigenvalue weighted by molar-refractivity contribution is -0.133. The zero-order chi connectivity index (χ0) is 16.0. The quantitative estimate of drug-likeness (QED) is 0.697. The van der Waals surface area contributed by atoms with Gasteiger partial charge >= 0.3 is 5.97 Å². The molecule has 0 aromatic heterocycles. The number of aliphatic hydroxyl groups excluding tert-OH is 1. The summed E-state index contributed by atoms with van der Waals surface area (Å²) in [5.74, 6) is -1.08. The van der Waals surface area contributed by atoms with Gasteiger partial charge in [0.15, 0.2) is 0 Å². The van der Waals surface area contributed by atoms with Gasteiger partial charge in [-0.15, -0.1) is 0 Å². The van der Waals surface area contributed by atoms with Crippen LogP contribution < -0.4 is 10.1 Å². The molecule has 0 aliphatic heterocycles. The first kappa shape index (κ1) is 16.7. The summed E-state index contributed by atoms with van der Waals surface area (Å²) in [6.45, 7) is 4.90. The number of amides is 1. The third-order valence-corrected chi connectivity index (χ3v) is 3.01. The average Bonchev–Trinajstić information content (AvgIpc) is 2.47. The number of rotatable bonds is 6. The fourth-order valence-electron chi connectivity index (χ4n) is 1.63. The fraction of sp³-hybridized carbons (Fsp3) is 0.333. The molecule has 0 bridgehead atoms. The Balaban J connectivity index is 2.96. The van der Waals surface area contributed by atoms with Crippen LogP contribution in [0.15, 0.2) is 29.3 Å². The van der Waals surface area contributed by atoms with Crippen LogP contribution in [0.5, 0.6) is 5.75 Å². The first-order valence-corrected chi connectivity index (χ1v) is 6.49. The molecule has 0 spiro atoms. The summed E-state index contributed by atoms with van der Waals surface area (Å²) in [6, 6.07) is 4.87. The summed E-state index contributed by atoms with van der Waals surface area (Å²) >= 11 is 0. The average molecular weight is 293 g/mol. The van der Waals surface area contributed by atoms with Crippen LogP contribution in [0.4, 0.5) is 5.69 Å². The number of carbonyl (C=O) groups is 2. The van der Waals surface area contributed by atoms with Crippen LogP contribution in [0.25, 0.3) is 0 Å². The highest BCUT2D eigenvalue weighted by Crippen LogP contribution is 2.23. The molecule has 0 radical (unpaired) electrons. The first-order chi connectivity index (χ1) is 9.90.